The summed E-state index contributed by atoms with van der Waals surface area (Å²) in [5, 5.41) is 5.85. The van der Waals surface area contributed by atoms with Gasteiger partial charge in [0.05, 0.1) is 17.1 Å². The fourth-order valence-electron chi connectivity index (χ4n) is 3.77. The van der Waals surface area contributed by atoms with Gasteiger partial charge < -0.3 is 5.32 Å². The van der Waals surface area contributed by atoms with Crippen molar-refractivity contribution in [3.63, 3.8) is 0 Å². The summed E-state index contributed by atoms with van der Waals surface area (Å²) in [6.45, 7) is 2.88. The predicted molar refractivity (Wildman–Crippen MR) is 122 cm³/mol. The molecule has 0 saturated carbocycles. The van der Waals surface area contributed by atoms with Crippen molar-refractivity contribution in [1.29, 1.82) is 0 Å². The molecule has 162 valence electrons. The third kappa shape index (κ3) is 4.87. The van der Waals surface area contributed by atoms with Gasteiger partial charge in [-0.1, -0.05) is 48.5 Å². The Morgan fingerprint density at radius 1 is 1.10 bits per heavy atom. The first kappa shape index (κ1) is 21.7. The van der Waals surface area contributed by atoms with Gasteiger partial charge in [0, 0.05) is 30.0 Å². The van der Waals surface area contributed by atoms with Gasteiger partial charge in [0.15, 0.2) is 0 Å². The van der Waals surface area contributed by atoms with Crippen molar-refractivity contribution in [1.82, 2.24) is 14.6 Å². The fraction of sp³-hybridized carbons (Fsp3) is 0.304. The Balaban J connectivity index is 1.31. The lowest BCUT2D eigenvalue weighted by Crippen LogP contribution is -2.43. The van der Waals surface area contributed by atoms with E-state index in [-0.39, 0.29) is 11.8 Å². The second kappa shape index (κ2) is 9.30. The first-order valence-corrected chi connectivity index (χ1v) is 12.6. The lowest BCUT2D eigenvalue weighted by atomic mass is 9.97. The van der Waals surface area contributed by atoms with Crippen LogP contribution < -0.4 is 5.32 Å². The molecule has 1 saturated heterocycles. The summed E-state index contributed by atoms with van der Waals surface area (Å²) in [7, 11) is -3.53. The smallest absolute Gasteiger partial charge is 0.243 e. The van der Waals surface area contributed by atoms with Crippen LogP contribution in [0.3, 0.4) is 0 Å². The third-order valence-corrected chi connectivity index (χ3v) is 8.55. The van der Waals surface area contributed by atoms with E-state index in [0.29, 0.717) is 37.4 Å². The molecule has 4 rings (SSSR count). The number of nitrogens with one attached hydrogen (secondary N) is 1. The van der Waals surface area contributed by atoms with Crippen molar-refractivity contribution >= 4 is 27.3 Å². The molecular formula is C23H25N3O3S2. The van der Waals surface area contributed by atoms with Crippen molar-refractivity contribution < 1.29 is 13.2 Å². The van der Waals surface area contributed by atoms with E-state index < -0.39 is 10.0 Å². The highest BCUT2D eigenvalue weighted by Gasteiger charge is 2.32. The molecule has 8 heteroatoms. The molecule has 0 radical (unpaired) electrons. The number of nitrogens with zero attached hydrogens (tertiary/aromatic N) is 2. The number of carbonyl (C=O) groups is 1. The van der Waals surface area contributed by atoms with E-state index in [9.17, 15) is 13.2 Å². The Labute approximate surface area is 187 Å². The van der Waals surface area contributed by atoms with Crippen LogP contribution in [0.1, 0.15) is 24.1 Å². The number of hydrogen-bond donors (Lipinski definition) is 1. The second-order valence-corrected chi connectivity index (χ2v) is 10.4. The molecule has 0 unspecified atom stereocenters. The molecule has 1 fully saturated rings. The minimum atomic E-state index is -3.53. The zero-order chi connectivity index (χ0) is 21.8. The van der Waals surface area contributed by atoms with Crippen molar-refractivity contribution in [3.05, 3.63) is 71.2 Å². The lowest BCUT2D eigenvalue weighted by molar-refractivity contribution is -0.126. The van der Waals surface area contributed by atoms with Crippen molar-refractivity contribution in [2.75, 3.05) is 13.1 Å². The molecule has 3 aromatic rings. The van der Waals surface area contributed by atoms with Crippen LogP contribution in [0.5, 0.6) is 0 Å². The summed E-state index contributed by atoms with van der Waals surface area (Å²) < 4.78 is 27.4. The number of piperidine rings is 1. The maximum Gasteiger partial charge on any atom is 0.243 e. The van der Waals surface area contributed by atoms with Gasteiger partial charge in [-0.05, 0) is 31.4 Å². The highest BCUT2D eigenvalue weighted by atomic mass is 32.2. The van der Waals surface area contributed by atoms with Gasteiger partial charge >= 0.3 is 0 Å². The molecule has 0 spiro atoms. The number of carbonyl (C=O) groups excluding carboxylic acids is 1. The van der Waals surface area contributed by atoms with Gasteiger partial charge in [-0.25, -0.2) is 13.4 Å². The molecule has 0 bridgehead atoms. The molecule has 31 heavy (non-hydrogen) atoms. The van der Waals surface area contributed by atoms with Crippen molar-refractivity contribution in [2.24, 2.45) is 5.92 Å². The Morgan fingerprint density at radius 3 is 2.48 bits per heavy atom. The van der Waals surface area contributed by atoms with Gasteiger partial charge in [0.25, 0.3) is 0 Å². The molecule has 2 heterocycles. The Kier molecular flexibility index (Phi) is 6.50. The summed E-state index contributed by atoms with van der Waals surface area (Å²) in [6, 6.07) is 17.0. The highest BCUT2D eigenvalue weighted by molar-refractivity contribution is 7.89. The minimum absolute atomic E-state index is 0.0396. The molecule has 1 aliphatic heterocycles. The van der Waals surface area contributed by atoms with E-state index in [1.54, 1.807) is 36.5 Å². The topological polar surface area (TPSA) is 79.4 Å². The summed E-state index contributed by atoms with van der Waals surface area (Å²) in [6.07, 6.45) is 1.03. The largest absolute Gasteiger partial charge is 0.350 e. The first-order chi connectivity index (χ1) is 14.9. The highest BCUT2D eigenvalue weighted by Crippen LogP contribution is 2.26. The summed E-state index contributed by atoms with van der Waals surface area (Å²) in [5.41, 5.74) is 2.63. The predicted octanol–water partition coefficient (Wildman–Crippen LogP) is 3.84. The zero-order valence-electron chi connectivity index (χ0n) is 17.3. The normalized spacial score (nSPS) is 15.6. The average molecular weight is 456 g/mol. The molecule has 1 aromatic heterocycles. The molecule has 0 atom stereocenters. The van der Waals surface area contributed by atoms with Gasteiger partial charge in [-0.3, -0.25) is 4.79 Å². The van der Waals surface area contributed by atoms with Crippen LogP contribution in [0.15, 0.2) is 64.9 Å². The van der Waals surface area contributed by atoms with Crippen molar-refractivity contribution in [3.8, 4) is 10.6 Å². The number of benzene rings is 2. The first-order valence-electron chi connectivity index (χ1n) is 10.3. The van der Waals surface area contributed by atoms with E-state index in [4.69, 9.17) is 0 Å². The van der Waals surface area contributed by atoms with E-state index in [0.717, 1.165) is 21.8 Å². The third-order valence-electron chi connectivity index (χ3n) is 5.55. The van der Waals surface area contributed by atoms with Gasteiger partial charge in [0.1, 0.15) is 5.01 Å². The number of hydrogen-bond acceptors (Lipinski definition) is 5. The SMILES string of the molecule is Cc1ccccc1S(=O)(=O)N1CCC(C(=O)NCc2csc(-c3ccccc3)n2)CC1. The van der Waals surface area contributed by atoms with E-state index in [1.807, 2.05) is 41.8 Å². The molecule has 0 aliphatic carbocycles. The Bertz CT molecular complexity index is 1150. The Morgan fingerprint density at radius 2 is 1.77 bits per heavy atom. The molecule has 1 amide bonds. The number of aryl methyl sites for hydroxylation is 1. The van der Waals surface area contributed by atoms with Crippen LogP contribution in [0.4, 0.5) is 0 Å². The molecule has 2 aromatic carbocycles. The Hall–Kier alpha value is -2.55. The maximum absolute atomic E-state index is 12.9. The number of rotatable bonds is 6. The fourth-order valence-corrected chi connectivity index (χ4v) is 6.29. The zero-order valence-corrected chi connectivity index (χ0v) is 19.0. The van der Waals surface area contributed by atoms with Crippen LogP contribution in [-0.2, 0) is 21.4 Å². The van der Waals surface area contributed by atoms with Crippen LogP contribution in [0.25, 0.3) is 10.6 Å². The maximum atomic E-state index is 12.9. The summed E-state index contributed by atoms with van der Waals surface area (Å²) in [5.74, 6) is -0.224. The molecule has 6 nitrogen and oxygen atoms in total. The number of amides is 1. The lowest BCUT2D eigenvalue weighted by Gasteiger charge is -2.30. The molecular weight excluding hydrogens is 430 g/mol. The van der Waals surface area contributed by atoms with Gasteiger partial charge in [-0.2, -0.15) is 4.31 Å². The second-order valence-electron chi connectivity index (χ2n) is 7.67. The quantitative estimate of drug-likeness (QED) is 0.613. The van der Waals surface area contributed by atoms with Crippen molar-refractivity contribution in [2.45, 2.75) is 31.2 Å². The average Bonchev–Trinajstić information content (AvgIpc) is 3.27. The monoisotopic (exact) mass is 455 g/mol. The van der Waals surface area contributed by atoms with Crippen LogP contribution in [0, 0.1) is 12.8 Å². The van der Waals surface area contributed by atoms with E-state index in [1.165, 1.54) is 4.31 Å². The number of aromatic nitrogens is 1. The van der Waals surface area contributed by atoms with E-state index >= 15 is 0 Å². The van der Waals surface area contributed by atoms with Crippen LogP contribution in [0.2, 0.25) is 0 Å². The van der Waals surface area contributed by atoms with Crippen LogP contribution in [-0.4, -0.2) is 36.7 Å². The van der Waals surface area contributed by atoms with Crippen LogP contribution >= 0.6 is 11.3 Å². The standard InChI is InChI=1S/C23H25N3O3S2/c1-17-7-5-6-10-21(17)31(28,29)26-13-11-18(12-14-26)22(27)24-15-20-16-30-23(25-20)19-8-3-2-4-9-19/h2-10,16,18H,11-15H2,1H3,(H,24,27). The summed E-state index contributed by atoms with van der Waals surface area (Å²) in [4.78, 5) is 17.6. The van der Waals surface area contributed by atoms with Gasteiger partial charge in [0.2, 0.25) is 15.9 Å². The number of thiazole rings is 1. The minimum Gasteiger partial charge on any atom is -0.350 e. The van der Waals surface area contributed by atoms with E-state index in [2.05, 4.69) is 10.3 Å². The molecule has 1 N–H and O–H groups in total. The van der Waals surface area contributed by atoms with Gasteiger partial charge in [-0.15, -0.1) is 11.3 Å². The summed E-state index contributed by atoms with van der Waals surface area (Å²) >= 11 is 1.56. The molecule has 1 aliphatic rings. The number of sulfonamides is 1.